The molecule has 2 heteroatoms. The molecule has 0 saturated heterocycles. The first-order chi connectivity index (χ1) is 8.76. The second kappa shape index (κ2) is 12.8. The van der Waals surface area contributed by atoms with Crippen molar-refractivity contribution in [1.82, 2.24) is 0 Å². The standard InChI is InChI=1S/C16H29FO/c1-3-5-7-8-9-10-11-13-16(17)15(14-18)12-6-4-2/h16H,3-13H2,1-2H3. The minimum atomic E-state index is -1.05. The Morgan fingerprint density at radius 3 is 2.06 bits per heavy atom. The predicted molar refractivity (Wildman–Crippen MR) is 76.2 cm³/mol. The summed E-state index contributed by atoms with van der Waals surface area (Å²) in [6, 6.07) is 0. The monoisotopic (exact) mass is 256 g/mol. The minimum Gasteiger partial charge on any atom is -0.242 e. The first kappa shape index (κ1) is 17.4. The van der Waals surface area contributed by atoms with Crippen LogP contribution in [0.2, 0.25) is 0 Å². The van der Waals surface area contributed by atoms with E-state index in [-0.39, 0.29) is 0 Å². The summed E-state index contributed by atoms with van der Waals surface area (Å²) in [5, 5.41) is 0. The van der Waals surface area contributed by atoms with Gasteiger partial charge in [0.05, 0.1) is 0 Å². The van der Waals surface area contributed by atoms with E-state index in [4.69, 9.17) is 0 Å². The van der Waals surface area contributed by atoms with Gasteiger partial charge in [0.25, 0.3) is 0 Å². The first-order valence-corrected chi connectivity index (χ1v) is 7.64. The lowest BCUT2D eigenvalue weighted by molar-refractivity contribution is 0.340. The Bertz CT molecular complexity index is 231. The molecule has 0 bridgehead atoms. The highest BCUT2D eigenvalue weighted by molar-refractivity contribution is 5.53. The van der Waals surface area contributed by atoms with Gasteiger partial charge in [-0.15, -0.1) is 0 Å². The number of hydrogen-bond acceptors (Lipinski definition) is 1. The summed E-state index contributed by atoms with van der Waals surface area (Å²) in [6.07, 6.45) is 10.2. The zero-order chi connectivity index (χ0) is 13.6. The number of rotatable bonds is 12. The van der Waals surface area contributed by atoms with Crippen LogP contribution in [0.4, 0.5) is 4.39 Å². The van der Waals surface area contributed by atoms with Crippen molar-refractivity contribution in [3.05, 3.63) is 5.57 Å². The van der Waals surface area contributed by atoms with E-state index in [2.05, 4.69) is 6.92 Å². The quantitative estimate of drug-likeness (QED) is 0.337. The van der Waals surface area contributed by atoms with Crippen molar-refractivity contribution in [2.24, 2.45) is 0 Å². The molecule has 0 aliphatic rings. The Kier molecular flexibility index (Phi) is 12.4. The molecule has 0 fully saturated rings. The van der Waals surface area contributed by atoms with Gasteiger partial charge < -0.3 is 0 Å². The summed E-state index contributed by atoms with van der Waals surface area (Å²) < 4.78 is 13.7. The summed E-state index contributed by atoms with van der Waals surface area (Å²) in [7, 11) is 0. The van der Waals surface area contributed by atoms with Crippen molar-refractivity contribution in [3.8, 4) is 0 Å². The lowest BCUT2D eigenvalue weighted by Crippen LogP contribution is -2.05. The fraction of sp³-hybridized carbons (Fsp3) is 0.875. The van der Waals surface area contributed by atoms with E-state index >= 15 is 0 Å². The van der Waals surface area contributed by atoms with E-state index in [1.54, 1.807) is 5.94 Å². The zero-order valence-electron chi connectivity index (χ0n) is 12.1. The predicted octanol–water partition coefficient (Wildman–Crippen LogP) is 5.41. The Hall–Kier alpha value is -0.620. The third kappa shape index (κ3) is 9.41. The van der Waals surface area contributed by atoms with E-state index in [1.165, 1.54) is 32.1 Å². The SMILES string of the molecule is CCCCCCCCCC(F)C(=C=O)CCCC. The Morgan fingerprint density at radius 2 is 1.50 bits per heavy atom. The number of alkyl halides is 1. The highest BCUT2D eigenvalue weighted by atomic mass is 19.1. The van der Waals surface area contributed by atoms with Crippen LogP contribution >= 0.6 is 0 Å². The second-order valence-electron chi connectivity index (χ2n) is 5.11. The van der Waals surface area contributed by atoms with Crippen molar-refractivity contribution in [2.75, 3.05) is 0 Å². The van der Waals surface area contributed by atoms with Crippen molar-refractivity contribution in [1.29, 1.82) is 0 Å². The topological polar surface area (TPSA) is 17.1 Å². The van der Waals surface area contributed by atoms with Gasteiger partial charge in [-0.25, -0.2) is 9.18 Å². The second-order valence-corrected chi connectivity index (χ2v) is 5.11. The van der Waals surface area contributed by atoms with Crippen LogP contribution in [0.15, 0.2) is 5.57 Å². The maximum atomic E-state index is 13.7. The molecule has 0 rings (SSSR count). The summed E-state index contributed by atoms with van der Waals surface area (Å²) in [4.78, 5) is 10.7. The molecule has 0 heterocycles. The molecule has 0 spiro atoms. The molecule has 18 heavy (non-hydrogen) atoms. The molecular formula is C16H29FO. The molecule has 0 amide bonds. The smallest absolute Gasteiger partial charge is 0.132 e. The number of halogens is 1. The normalized spacial score (nSPS) is 12.2. The summed E-state index contributed by atoms with van der Waals surface area (Å²) in [5.41, 5.74) is 0.350. The van der Waals surface area contributed by atoms with Crippen molar-refractivity contribution in [3.63, 3.8) is 0 Å². The van der Waals surface area contributed by atoms with Gasteiger partial charge >= 0.3 is 0 Å². The third-order valence-electron chi connectivity index (χ3n) is 3.37. The number of hydrogen-bond donors (Lipinski definition) is 0. The summed E-state index contributed by atoms with van der Waals surface area (Å²) in [6.45, 7) is 4.25. The van der Waals surface area contributed by atoms with Crippen molar-refractivity contribution < 1.29 is 9.18 Å². The Morgan fingerprint density at radius 1 is 0.944 bits per heavy atom. The van der Waals surface area contributed by atoms with Crippen LogP contribution in [-0.4, -0.2) is 12.1 Å². The minimum absolute atomic E-state index is 0.350. The van der Waals surface area contributed by atoms with Gasteiger partial charge in [0, 0.05) is 5.57 Å². The molecule has 1 unspecified atom stereocenters. The molecule has 106 valence electrons. The third-order valence-corrected chi connectivity index (χ3v) is 3.37. The summed E-state index contributed by atoms with van der Waals surface area (Å²) in [5.74, 6) is 1.80. The molecule has 0 aromatic carbocycles. The van der Waals surface area contributed by atoms with E-state index in [9.17, 15) is 9.18 Å². The van der Waals surface area contributed by atoms with Gasteiger partial charge in [-0.2, -0.15) is 0 Å². The number of carbonyl (C=O) groups excluding carboxylic acids is 1. The maximum Gasteiger partial charge on any atom is 0.132 e. The zero-order valence-corrected chi connectivity index (χ0v) is 12.1. The molecule has 0 aliphatic heterocycles. The van der Waals surface area contributed by atoms with Crippen LogP contribution in [0.5, 0.6) is 0 Å². The van der Waals surface area contributed by atoms with Crippen molar-refractivity contribution in [2.45, 2.75) is 90.6 Å². The lowest BCUT2D eigenvalue weighted by atomic mass is 10.00. The van der Waals surface area contributed by atoms with Crippen LogP contribution in [0.25, 0.3) is 0 Å². The molecule has 0 saturated carbocycles. The molecule has 0 aromatic heterocycles. The maximum absolute atomic E-state index is 13.7. The van der Waals surface area contributed by atoms with Gasteiger partial charge in [-0.1, -0.05) is 65.2 Å². The highest BCUT2D eigenvalue weighted by Gasteiger charge is 2.13. The Labute approximate surface area is 112 Å². The molecule has 0 aromatic rings. The molecule has 1 atom stereocenters. The lowest BCUT2D eigenvalue weighted by Gasteiger charge is -2.09. The Balaban J connectivity index is 3.56. The van der Waals surface area contributed by atoms with Crippen LogP contribution < -0.4 is 0 Å². The van der Waals surface area contributed by atoms with E-state index in [1.807, 2.05) is 6.92 Å². The van der Waals surface area contributed by atoms with Crippen LogP contribution in [0, 0.1) is 0 Å². The average Bonchev–Trinajstić information content (AvgIpc) is 2.38. The van der Waals surface area contributed by atoms with Gasteiger partial charge in [0.1, 0.15) is 12.1 Å². The van der Waals surface area contributed by atoms with Gasteiger partial charge in [-0.3, -0.25) is 0 Å². The fourth-order valence-electron chi connectivity index (χ4n) is 2.09. The van der Waals surface area contributed by atoms with E-state index < -0.39 is 6.17 Å². The highest BCUT2D eigenvalue weighted by Crippen LogP contribution is 2.18. The fourth-order valence-corrected chi connectivity index (χ4v) is 2.09. The number of unbranched alkanes of at least 4 members (excludes halogenated alkanes) is 7. The molecule has 1 nitrogen and oxygen atoms in total. The van der Waals surface area contributed by atoms with Crippen LogP contribution in [0.3, 0.4) is 0 Å². The molecule has 0 N–H and O–H groups in total. The first-order valence-electron chi connectivity index (χ1n) is 7.64. The summed E-state index contributed by atoms with van der Waals surface area (Å²) >= 11 is 0. The largest absolute Gasteiger partial charge is 0.242 e. The molecule has 0 radical (unpaired) electrons. The average molecular weight is 256 g/mol. The van der Waals surface area contributed by atoms with Gasteiger partial charge in [0.15, 0.2) is 0 Å². The van der Waals surface area contributed by atoms with Gasteiger partial charge in [-0.05, 0) is 19.3 Å². The van der Waals surface area contributed by atoms with E-state index in [0.29, 0.717) is 18.4 Å². The van der Waals surface area contributed by atoms with Crippen LogP contribution in [0.1, 0.15) is 84.5 Å². The number of allylic oxidation sites excluding steroid dienone is 1. The molecule has 0 aliphatic carbocycles. The van der Waals surface area contributed by atoms with Crippen LogP contribution in [-0.2, 0) is 4.79 Å². The molecular weight excluding hydrogens is 227 g/mol. The van der Waals surface area contributed by atoms with Gasteiger partial charge in [0.2, 0.25) is 0 Å². The van der Waals surface area contributed by atoms with Crippen molar-refractivity contribution >= 4 is 5.94 Å². The van der Waals surface area contributed by atoms with E-state index in [0.717, 1.165) is 25.7 Å².